The second kappa shape index (κ2) is 7.42. The molecule has 0 spiro atoms. The Labute approximate surface area is 129 Å². The first-order valence-corrected chi connectivity index (χ1v) is 7.95. The minimum atomic E-state index is 0.137. The number of hydrogen-bond donors (Lipinski definition) is 0. The summed E-state index contributed by atoms with van der Waals surface area (Å²) < 4.78 is 0. The summed E-state index contributed by atoms with van der Waals surface area (Å²) in [6, 6.07) is 22.0. The molecule has 0 fully saturated rings. The van der Waals surface area contributed by atoms with Gasteiger partial charge in [0, 0.05) is 5.41 Å². The van der Waals surface area contributed by atoms with Crippen LogP contribution in [0.15, 0.2) is 60.7 Å². The van der Waals surface area contributed by atoms with Gasteiger partial charge >= 0.3 is 0 Å². The van der Waals surface area contributed by atoms with Crippen LogP contribution in [-0.4, -0.2) is 25.5 Å². The van der Waals surface area contributed by atoms with Gasteiger partial charge < -0.3 is 4.90 Å². The molecule has 2 aromatic rings. The standard InChI is InChI=1S/C20H27N/c1-4-20(16-11-17-21(2)3,18-12-7-5-8-13-18)19-14-9-6-10-15-19/h5-10,12-15H,4,11,16-17H2,1-3H3. The van der Waals surface area contributed by atoms with E-state index >= 15 is 0 Å². The van der Waals surface area contributed by atoms with Crippen molar-refractivity contribution in [3.05, 3.63) is 71.8 Å². The smallest absolute Gasteiger partial charge is 0.0200 e. The van der Waals surface area contributed by atoms with E-state index in [0.717, 1.165) is 13.0 Å². The SMILES string of the molecule is CCC(CCCN(C)C)(c1ccccc1)c1ccccc1. The van der Waals surface area contributed by atoms with Gasteiger partial charge in [-0.25, -0.2) is 0 Å². The van der Waals surface area contributed by atoms with E-state index in [1.54, 1.807) is 0 Å². The second-order valence-electron chi connectivity index (χ2n) is 6.07. The molecule has 2 rings (SSSR count). The quantitative estimate of drug-likeness (QED) is 0.709. The summed E-state index contributed by atoms with van der Waals surface area (Å²) in [6.07, 6.45) is 3.54. The molecular formula is C20H27N. The fourth-order valence-corrected chi connectivity index (χ4v) is 3.25. The highest BCUT2D eigenvalue weighted by atomic mass is 15.0. The lowest BCUT2D eigenvalue weighted by atomic mass is 9.69. The molecule has 0 bridgehead atoms. The van der Waals surface area contributed by atoms with Crippen LogP contribution in [0.4, 0.5) is 0 Å². The Bertz CT molecular complexity index is 477. The molecule has 2 aromatic carbocycles. The van der Waals surface area contributed by atoms with Crippen molar-refractivity contribution in [2.24, 2.45) is 0 Å². The van der Waals surface area contributed by atoms with Gasteiger partial charge in [-0.1, -0.05) is 67.6 Å². The van der Waals surface area contributed by atoms with E-state index in [0.29, 0.717) is 0 Å². The molecule has 0 saturated carbocycles. The third-order valence-electron chi connectivity index (χ3n) is 4.47. The van der Waals surface area contributed by atoms with Gasteiger partial charge in [-0.3, -0.25) is 0 Å². The maximum absolute atomic E-state index is 2.32. The van der Waals surface area contributed by atoms with Crippen LogP contribution < -0.4 is 0 Å². The first kappa shape index (κ1) is 15.8. The fraction of sp³-hybridized carbons (Fsp3) is 0.400. The summed E-state index contributed by atoms with van der Waals surface area (Å²) in [5.74, 6) is 0. The van der Waals surface area contributed by atoms with Crippen molar-refractivity contribution >= 4 is 0 Å². The average molecular weight is 281 g/mol. The van der Waals surface area contributed by atoms with Crippen LogP contribution in [0.25, 0.3) is 0 Å². The number of rotatable bonds is 7. The Hall–Kier alpha value is -1.60. The number of nitrogens with zero attached hydrogens (tertiary/aromatic N) is 1. The van der Waals surface area contributed by atoms with Gasteiger partial charge in [0.15, 0.2) is 0 Å². The lowest BCUT2D eigenvalue weighted by molar-refractivity contribution is 0.355. The van der Waals surface area contributed by atoms with Gasteiger partial charge in [0.05, 0.1) is 0 Å². The van der Waals surface area contributed by atoms with Crippen molar-refractivity contribution in [2.75, 3.05) is 20.6 Å². The molecule has 1 nitrogen and oxygen atoms in total. The molecule has 112 valence electrons. The van der Waals surface area contributed by atoms with Gasteiger partial charge in [-0.15, -0.1) is 0 Å². The zero-order valence-electron chi connectivity index (χ0n) is 13.5. The first-order valence-electron chi connectivity index (χ1n) is 7.95. The van der Waals surface area contributed by atoms with E-state index in [1.807, 2.05) is 0 Å². The summed E-state index contributed by atoms with van der Waals surface area (Å²) in [6.45, 7) is 3.46. The lowest BCUT2D eigenvalue weighted by Crippen LogP contribution is -2.28. The Morgan fingerprint density at radius 3 is 1.67 bits per heavy atom. The van der Waals surface area contributed by atoms with Crippen LogP contribution in [0.3, 0.4) is 0 Å². The predicted molar refractivity (Wildman–Crippen MR) is 91.7 cm³/mol. The minimum Gasteiger partial charge on any atom is -0.309 e. The van der Waals surface area contributed by atoms with Crippen molar-refractivity contribution in [3.8, 4) is 0 Å². The van der Waals surface area contributed by atoms with E-state index < -0.39 is 0 Å². The zero-order valence-corrected chi connectivity index (χ0v) is 13.5. The van der Waals surface area contributed by atoms with Gasteiger partial charge in [-0.05, 0) is 51.0 Å². The topological polar surface area (TPSA) is 3.24 Å². The molecule has 0 atom stereocenters. The number of benzene rings is 2. The monoisotopic (exact) mass is 281 g/mol. The molecule has 0 N–H and O–H groups in total. The van der Waals surface area contributed by atoms with E-state index in [-0.39, 0.29) is 5.41 Å². The lowest BCUT2D eigenvalue weighted by Gasteiger charge is -2.35. The van der Waals surface area contributed by atoms with Crippen LogP contribution in [0.5, 0.6) is 0 Å². The molecular weight excluding hydrogens is 254 g/mol. The van der Waals surface area contributed by atoms with Gasteiger partial charge in [-0.2, -0.15) is 0 Å². The van der Waals surface area contributed by atoms with Crippen LogP contribution >= 0.6 is 0 Å². The Kier molecular flexibility index (Phi) is 5.58. The summed E-state index contributed by atoms with van der Waals surface area (Å²) in [4.78, 5) is 2.27. The van der Waals surface area contributed by atoms with E-state index in [4.69, 9.17) is 0 Å². The Balaban J connectivity index is 2.37. The Morgan fingerprint density at radius 1 is 0.810 bits per heavy atom. The summed E-state index contributed by atoms with van der Waals surface area (Å²) in [7, 11) is 4.30. The largest absolute Gasteiger partial charge is 0.309 e. The number of hydrogen-bond acceptors (Lipinski definition) is 1. The molecule has 0 amide bonds. The normalized spacial score (nSPS) is 11.8. The van der Waals surface area contributed by atoms with Crippen molar-refractivity contribution in [2.45, 2.75) is 31.6 Å². The van der Waals surface area contributed by atoms with Crippen molar-refractivity contribution in [3.63, 3.8) is 0 Å². The second-order valence-corrected chi connectivity index (χ2v) is 6.07. The van der Waals surface area contributed by atoms with E-state index in [9.17, 15) is 0 Å². The molecule has 0 radical (unpaired) electrons. The molecule has 21 heavy (non-hydrogen) atoms. The summed E-state index contributed by atoms with van der Waals surface area (Å²) >= 11 is 0. The highest BCUT2D eigenvalue weighted by molar-refractivity contribution is 5.39. The predicted octanol–water partition coefficient (Wildman–Crippen LogP) is 4.72. The highest BCUT2D eigenvalue weighted by Gasteiger charge is 2.31. The van der Waals surface area contributed by atoms with Gasteiger partial charge in [0.25, 0.3) is 0 Å². The van der Waals surface area contributed by atoms with Crippen LogP contribution in [-0.2, 0) is 5.41 Å². The fourth-order valence-electron chi connectivity index (χ4n) is 3.25. The van der Waals surface area contributed by atoms with Gasteiger partial charge in [0.2, 0.25) is 0 Å². The minimum absolute atomic E-state index is 0.137. The molecule has 0 unspecified atom stereocenters. The molecule has 1 heteroatoms. The van der Waals surface area contributed by atoms with E-state index in [2.05, 4.69) is 86.6 Å². The van der Waals surface area contributed by atoms with Crippen LogP contribution in [0.1, 0.15) is 37.3 Å². The average Bonchev–Trinajstić information content (AvgIpc) is 2.53. The van der Waals surface area contributed by atoms with Gasteiger partial charge in [0.1, 0.15) is 0 Å². The Morgan fingerprint density at radius 2 is 1.29 bits per heavy atom. The molecule has 0 aliphatic carbocycles. The van der Waals surface area contributed by atoms with Crippen molar-refractivity contribution in [1.29, 1.82) is 0 Å². The molecule has 0 saturated heterocycles. The third-order valence-corrected chi connectivity index (χ3v) is 4.47. The maximum atomic E-state index is 2.32. The van der Waals surface area contributed by atoms with E-state index in [1.165, 1.54) is 24.0 Å². The summed E-state index contributed by atoms with van der Waals surface area (Å²) in [5.41, 5.74) is 3.02. The highest BCUT2D eigenvalue weighted by Crippen LogP contribution is 2.39. The van der Waals surface area contributed by atoms with Crippen LogP contribution in [0.2, 0.25) is 0 Å². The molecule has 0 aliphatic rings. The zero-order chi connectivity index (χ0) is 15.1. The molecule has 0 heterocycles. The summed E-state index contributed by atoms with van der Waals surface area (Å²) in [5, 5.41) is 0. The molecule has 0 aromatic heterocycles. The van der Waals surface area contributed by atoms with Crippen LogP contribution in [0, 0.1) is 0 Å². The first-order chi connectivity index (χ1) is 10.2. The van der Waals surface area contributed by atoms with Crippen molar-refractivity contribution in [1.82, 2.24) is 4.90 Å². The van der Waals surface area contributed by atoms with Crippen molar-refractivity contribution < 1.29 is 0 Å². The molecule has 0 aliphatic heterocycles. The third kappa shape index (κ3) is 3.74. The maximum Gasteiger partial charge on any atom is 0.0200 e.